The maximum absolute atomic E-state index is 14.2. The van der Waals surface area contributed by atoms with E-state index in [-0.39, 0.29) is 22.3 Å². The number of carbonyl (C=O) groups is 2. The standard InChI is InChI=1S/C25H21FN6O2/c1-12-8-17-19(9-18(12)26)30-23(25(29)34)22(21(17)24(28)33)20-13(2)31-32(14(20)3)11-16-6-4-15(10-27)5-7-16/h4-9H,11H2,1-3H3,(H2,28,33)(H2,29,34). The summed E-state index contributed by atoms with van der Waals surface area (Å²) in [7, 11) is 0. The zero-order valence-corrected chi connectivity index (χ0v) is 18.8. The maximum Gasteiger partial charge on any atom is 0.267 e. The second-order valence-corrected chi connectivity index (χ2v) is 8.07. The molecule has 0 saturated carbocycles. The molecular formula is C25H21FN6O2. The normalized spacial score (nSPS) is 10.9. The minimum atomic E-state index is -0.876. The van der Waals surface area contributed by atoms with Crippen molar-refractivity contribution in [2.45, 2.75) is 27.3 Å². The molecule has 0 aliphatic rings. The van der Waals surface area contributed by atoms with Crippen LogP contribution in [0.3, 0.4) is 0 Å². The number of fused-ring (bicyclic) bond motifs is 1. The summed E-state index contributed by atoms with van der Waals surface area (Å²) in [5, 5.41) is 13.9. The Labute approximate surface area is 194 Å². The first-order valence-corrected chi connectivity index (χ1v) is 10.4. The number of pyridine rings is 1. The second-order valence-electron chi connectivity index (χ2n) is 8.07. The molecule has 2 aromatic heterocycles. The number of aryl methyl sites for hydroxylation is 2. The second kappa shape index (κ2) is 8.41. The van der Waals surface area contributed by atoms with E-state index >= 15 is 0 Å². The molecule has 34 heavy (non-hydrogen) atoms. The number of nitrogens with two attached hydrogens (primary N) is 2. The van der Waals surface area contributed by atoms with Crippen LogP contribution in [0.2, 0.25) is 0 Å². The molecule has 8 nitrogen and oxygen atoms in total. The summed E-state index contributed by atoms with van der Waals surface area (Å²) in [6.45, 7) is 5.50. The summed E-state index contributed by atoms with van der Waals surface area (Å²) < 4.78 is 15.9. The van der Waals surface area contributed by atoms with E-state index in [1.165, 1.54) is 6.07 Å². The third kappa shape index (κ3) is 3.75. The van der Waals surface area contributed by atoms with Crippen molar-refractivity contribution in [1.29, 1.82) is 5.26 Å². The van der Waals surface area contributed by atoms with Gasteiger partial charge in [-0.1, -0.05) is 12.1 Å². The Morgan fingerprint density at radius 1 is 1.06 bits per heavy atom. The van der Waals surface area contributed by atoms with Gasteiger partial charge in [0, 0.05) is 28.3 Å². The molecule has 0 bridgehead atoms. The first-order valence-electron chi connectivity index (χ1n) is 10.4. The summed E-state index contributed by atoms with van der Waals surface area (Å²) in [4.78, 5) is 29.4. The number of halogens is 1. The number of nitriles is 1. The van der Waals surface area contributed by atoms with Crippen molar-refractivity contribution in [2.75, 3.05) is 0 Å². The van der Waals surface area contributed by atoms with Gasteiger partial charge >= 0.3 is 0 Å². The van der Waals surface area contributed by atoms with Crippen molar-refractivity contribution in [3.05, 3.63) is 81.6 Å². The van der Waals surface area contributed by atoms with Crippen LogP contribution in [0.1, 0.15) is 48.9 Å². The molecule has 0 spiro atoms. The molecule has 2 amide bonds. The third-order valence-corrected chi connectivity index (χ3v) is 5.79. The first-order chi connectivity index (χ1) is 16.1. The smallest absolute Gasteiger partial charge is 0.267 e. The Hall–Kier alpha value is -4.58. The number of hydrogen-bond acceptors (Lipinski definition) is 5. The largest absolute Gasteiger partial charge is 0.366 e. The van der Waals surface area contributed by atoms with E-state index in [0.717, 1.165) is 11.6 Å². The number of primary amides is 2. The summed E-state index contributed by atoms with van der Waals surface area (Å²) in [6, 6.07) is 11.8. The molecule has 0 radical (unpaired) electrons. The van der Waals surface area contributed by atoms with Gasteiger partial charge in [-0.2, -0.15) is 10.4 Å². The van der Waals surface area contributed by atoms with Crippen LogP contribution in [-0.4, -0.2) is 26.6 Å². The van der Waals surface area contributed by atoms with Crippen LogP contribution in [-0.2, 0) is 6.54 Å². The van der Waals surface area contributed by atoms with Crippen molar-refractivity contribution in [3.63, 3.8) is 0 Å². The minimum Gasteiger partial charge on any atom is -0.366 e. The molecule has 2 aromatic carbocycles. The van der Waals surface area contributed by atoms with Gasteiger partial charge in [-0.25, -0.2) is 9.37 Å². The van der Waals surface area contributed by atoms with Crippen LogP contribution in [0.25, 0.3) is 22.0 Å². The lowest BCUT2D eigenvalue weighted by molar-refractivity contribution is 0.0996. The molecular weight excluding hydrogens is 435 g/mol. The highest BCUT2D eigenvalue weighted by atomic mass is 19.1. The summed E-state index contributed by atoms with van der Waals surface area (Å²) in [5.41, 5.74) is 15.0. The Morgan fingerprint density at radius 3 is 2.32 bits per heavy atom. The van der Waals surface area contributed by atoms with Gasteiger partial charge in [-0.3, -0.25) is 14.3 Å². The highest BCUT2D eigenvalue weighted by Gasteiger charge is 2.28. The third-order valence-electron chi connectivity index (χ3n) is 5.79. The van der Waals surface area contributed by atoms with Gasteiger partial charge < -0.3 is 11.5 Å². The predicted octanol–water partition coefficient (Wildman–Crippen LogP) is 3.28. The van der Waals surface area contributed by atoms with Crippen molar-refractivity contribution >= 4 is 22.7 Å². The van der Waals surface area contributed by atoms with Crippen molar-refractivity contribution in [2.24, 2.45) is 11.5 Å². The summed E-state index contributed by atoms with van der Waals surface area (Å²) >= 11 is 0. The fourth-order valence-corrected chi connectivity index (χ4v) is 4.14. The average molecular weight is 456 g/mol. The molecule has 9 heteroatoms. The number of carbonyl (C=O) groups excluding carboxylic acids is 2. The molecule has 2 heterocycles. The van der Waals surface area contributed by atoms with Gasteiger partial charge in [0.15, 0.2) is 0 Å². The van der Waals surface area contributed by atoms with E-state index < -0.39 is 17.6 Å². The Bertz CT molecular complexity index is 1530. The lowest BCUT2D eigenvalue weighted by Gasteiger charge is -2.15. The van der Waals surface area contributed by atoms with Gasteiger partial charge in [0.2, 0.25) is 5.91 Å². The van der Waals surface area contributed by atoms with Gasteiger partial charge in [0.1, 0.15) is 11.5 Å². The Morgan fingerprint density at radius 2 is 1.74 bits per heavy atom. The SMILES string of the molecule is Cc1cc2c(C(N)=O)c(-c3c(C)nn(Cc4ccc(C#N)cc4)c3C)c(C(N)=O)nc2cc1F. The average Bonchev–Trinajstić information content (AvgIpc) is 3.06. The van der Waals surface area contributed by atoms with Crippen LogP contribution in [0.5, 0.6) is 0 Å². The quantitative estimate of drug-likeness (QED) is 0.474. The topological polar surface area (TPSA) is 141 Å². The highest BCUT2D eigenvalue weighted by molar-refractivity contribution is 6.15. The molecule has 0 fully saturated rings. The number of hydrogen-bond donors (Lipinski definition) is 2. The molecule has 0 saturated heterocycles. The van der Waals surface area contributed by atoms with E-state index in [0.29, 0.717) is 40.0 Å². The molecule has 170 valence electrons. The Balaban J connectivity index is 1.99. The highest BCUT2D eigenvalue weighted by Crippen LogP contribution is 2.36. The Kier molecular flexibility index (Phi) is 5.59. The molecule has 0 atom stereocenters. The molecule has 0 aliphatic carbocycles. The van der Waals surface area contributed by atoms with E-state index in [9.17, 15) is 14.0 Å². The van der Waals surface area contributed by atoms with Crippen LogP contribution < -0.4 is 11.5 Å². The lowest BCUT2D eigenvalue weighted by atomic mass is 9.92. The van der Waals surface area contributed by atoms with Gasteiger partial charge in [0.05, 0.1) is 35.0 Å². The number of nitrogens with zero attached hydrogens (tertiary/aromatic N) is 4. The van der Waals surface area contributed by atoms with Gasteiger partial charge in [-0.05, 0) is 50.1 Å². The molecule has 4 rings (SSSR count). The predicted molar refractivity (Wildman–Crippen MR) is 124 cm³/mol. The fraction of sp³-hybridized carbons (Fsp3) is 0.160. The van der Waals surface area contributed by atoms with Crippen molar-refractivity contribution in [3.8, 4) is 17.2 Å². The first kappa shape index (κ1) is 22.6. The van der Waals surface area contributed by atoms with Crippen LogP contribution >= 0.6 is 0 Å². The number of amides is 2. The zero-order chi connectivity index (χ0) is 24.7. The monoisotopic (exact) mass is 456 g/mol. The molecule has 0 aliphatic heterocycles. The number of aromatic nitrogens is 3. The van der Waals surface area contributed by atoms with Crippen molar-refractivity contribution in [1.82, 2.24) is 14.8 Å². The van der Waals surface area contributed by atoms with E-state index in [4.69, 9.17) is 16.7 Å². The number of benzene rings is 2. The molecule has 0 unspecified atom stereocenters. The van der Waals surface area contributed by atoms with Crippen LogP contribution in [0.15, 0.2) is 36.4 Å². The summed E-state index contributed by atoms with van der Waals surface area (Å²) in [6.07, 6.45) is 0. The zero-order valence-electron chi connectivity index (χ0n) is 18.8. The van der Waals surface area contributed by atoms with Gasteiger partial charge in [0.25, 0.3) is 5.91 Å². The fourth-order valence-electron chi connectivity index (χ4n) is 4.14. The molecule has 4 aromatic rings. The van der Waals surface area contributed by atoms with E-state index in [1.807, 2.05) is 12.1 Å². The maximum atomic E-state index is 14.2. The van der Waals surface area contributed by atoms with Crippen LogP contribution in [0, 0.1) is 37.9 Å². The molecule has 4 N–H and O–H groups in total. The van der Waals surface area contributed by atoms with Crippen LogP contribution in [0.4, 0.5) is 4.39 Å². The van der Waals surface area contributed by atoms with Crippen molar-refractivity contribution < 1.29 is 14.0 Å². The van der Waals surface area contributed by atoms with Gasteiger partial charge in [-0.15, -0.1) is 0 Å². The summed E-state index contributed by atoms with van der Waals surface area (Å²) in [5.74, 6) is -2.20. The minimum absolute atomic E-state index is 0.0334. The number of rotatable bonds is 5. The lowest BCUT2D eigenvalue weighted by Crippen LogP contribution is -2.21. The van der Waals surface area contributed by atoms with E-state index in [2.05, 4.69) is 16.2 Å². The van der Waals surface area contributed by atoms with E-state index in [1.54, 1.807) is 37.6 Å².